The average molecular weight is 1100 g/mol. The zero-order valence-electron chi connectivity index (χ0n) is 47.0. The molecule has 10 rings (SSSR count). The lowest BCUT2D eigenvalue weighted by molar-refractivity contribution is -0.121. The van der Waals surface area contributed by atoms with Gasteiger partial charge in [0.2, 0.25) is 5.91 Å². The van der Waals surface area contributed by atoms with E-state index in [1.54, 1.807) is 51.2 Å². The van der Waals surface area contributed by atoms with Crippen LogP contribution in [0.1, 0.15) is 86.9 Å². The summed E-state index contributed by atoms with van der Waals surface area (Å²) in [7, 11) is -3.84. The highest BCUT2D eigenvalue weighted by molar-refractivity contribution is 7.92. The lowest BCUT2D eigenvalue weighted by atomic mass is 9.91. The number of pyridine rings is 2. The fourth-order valence-corrected chi connectivity index (χ4v) is 12.5. The quantitative estimate of drug-likeness (QED) is 0.106. The minimum absolute atomic E-state index is 0.0338. The number of hydrogen-bond acceptors (Lipinski definition) is 16. The molecular weight excluding hydrogens is 1020 g/mol. The lowest BCUT2D eigenvalue weighted by Crippen LogP contribution is -2.63. The molecule has 8 heterocycles. The Kier molecular flexibility index (Phi) is 15.8. The van der Waals surface area contributed by atoms with Gasteiger partial charge in [-0.15, -0.1) is 0 Å². The molecule has 1 unspecified atom stereocenters. The number of rotatable bonds is 15. The van der Waals surface area contributed by atoms with E-state index in [9.17, 15) is 22.4 Å². The minimum atomic E-state index is -3.84. The topological polar surface area (TPSA) is 201 Å². The molecule has 0 bridgehead atoms. The second kappa shape index (κ2) is 22.5. The van der Waals surface area contributed by atoms with Crippen molar-refractivity contribution >= 4 is 55.7 Å². The van der Waals surface area contributed by atoms with Gasteiger partial charge in [0.15, 0.2) is 15.7 Å². The third-order valence-electron chi connectivity index (χ3n) is 16.2. The number of piperazine rings is 3. The fourth-order valence-electron chi connectivity index (χ4n) is 11.2. The van der Waals surface area contributed by atoms with Crippen molar-refractivity contribution in [2.45, 2.75) is 102 Å². The van der Waals surface area contributed by atoms with Crippen LogP contribution in [0.3, 0.4) is 0 Å². The number of aromatic amines is 1. The Morgan fingerprint density at radius 2 is 1.65 bits per heavy atom. The van der Waals surface area contributed by atoms with Gasteiger partial charge in [0, 0.05) is 137 Å². The predicted molar refractivity (Wildman–Crippen MR) is 305 cm³/mol. The van der Waals surface area contributed by atoms with Crippen molar-refractivity contribution in [3.8, 4) is 5.75 Å². The van der Waals surface area contributed by atoms with E-state index in [2.05, 4.69) is 84.2 Å². The van der Waals surface area contributed by atoms with Gasteiger partial charge in [-0.25, -0.2) is 27.8 Å². The zero-order valence-corrected chi connectivity index (χ0v) is 47.8. The number of H-pyrrole nitrogens is 1. The van der Waals surface area contributed by atoms with Crippen LogP contribution < -0.4 is 25.2 Å². The summed E-state index contributed by atoms with van der Waals surface area (Å²) in [6, 6.07) is 16.1. The van der Waals surface area contributed by atoms with Gasteiger partial charge >= 0.3 is 0 Å². The number of aryl methyl sites for hydroxylation is 1. The minimum Gasteiger partial charge on any atom is -0.491 e. The molecule has 3 saturated heterocycles. The number of aromatic nitrogens is 6. The van der Waals surface area contributed by atoms with Crippen molar-refractivity contribution in [2.24, 2.45) is 0 Å². The molecule has 21 heteroatoms. The Morgan fingerprint density at radius 1 is 0.873 bits per heavy atom. The van der Waals surface area contributed by atoms with Crippen LogP contribution >= 0.6 is 0 Å². The summed E-state index contributed by atoms with van der Waals surface area (Å²) in [6.07, 6.45) is 5.61. The van der Waals surface area contributed by atoms with Crippen LogP contribution in [0.5, 0.6) is 5.75 Å². The van der Waals surface area contributed by atoms with Gasteiger partial charge in [0.05, 0.1) is 33.8 Å². The molecule has 0 saturated carbocycles. The van der Waals surface area contributed by atoms with Crippen LogP contribution in [0.25, 0.3) is 10.9 Å². The van der Waals surface area contributed by atoms with Crippen molar-refractivity contribution in [3.63, 3.8) is 0 Å². The molecular formula is C58H75FN14O5S. The number of ether oxygens (including phenoxy) is 1. The number of amides is 2. The molecule has 79 heavy (non-hydrogen) atoms. The summed E-state index contributed by atoms with van der Waals surface area (Å²) in [5, 5.41) is 14.7. The van der Waals surface area contributed by atoms with Gasteiger partial charge in [-0.3, -0.25) is 34.4 Å². The second-order valence-corrected chi connectivity index (χ2v) is 26.2. The molecule has 420 valence electrons. The molecule has 0 aliphatic carbocycles. The van der Waals surface area contributed by atoms with E-state index in [-0.39, 0.29) is 58.4 Å². The molecule has 4 aromatic heterocycles. The van der Waals surface area contributed by atoms with E-state index in [4.69, 9.17) is 14.7 Å². The Bertz CT molecular complexity index is 3310. The lowest BCUT2D eigenvalue weighted by Gasteiger charge is -2.45. The van der Waals surface area contributed by atoms with Gasteiger partial charge in [0.1, 0.15) is 41.0 Å². The summed E-state index contributed by atoms with van der Waals surface area (Å²) >= 11 is 0. The maximum Gasteiger partial charge on any atom is 0.255 e. The summed E-state index contributed by atoms with van der Waals surface area (Å²) < 4.78 is 46.9. The zero-order chi connectivity index (χ0) is 56.0. The van der Waals surface area contributed by atoms with Crippen LogP contribution in [0, 0.1) is 19.7 Å². The molecule has 4 aliphatic heterocycles. The summed E-state index contributed by atoms with van der Waals surface area (Å²) in [4.78, 5) is 60.1. The molecule has 2 aromatic carbocycles. The van der Waals surface area contributed by atoms with Gasteiger partial charge in [-0.2, -0.15) is 5.10 Å². The molecule has 0 spiro atoms. The third-order valence-corrected chi connectivity index (χ3v) is 18.7. The predicted octanol–water partition coefficient (Wildman–Crippen LogP) is 6.14. The molecule has 3 N–H and O–H groups in total. The number of fused-ring (bicyclic) bond motifs is 2. The molecule has 19 nitrogen and oxygen atoms in total. The SMILES string of the molecule is Cc1[nH]nc(Nc2ncnc3cc(OCCN4CCN(c5ccc(C(=O)N6CCN(C[C@H]7CN[C@H](C)CN7CC(=O)N7CC(C)(C)c8ncc(Cc9ccc(F)cc9)cc87)C(C)C6)cn5)CC4)c(S(=O)(=O)C(C)(C)C)cc23)c1C. The van der Waals surface area contributed by atoms with Gasteiger partial charge in [-0.1, -0.05) is 26.0 Å². The number of sulfone groups is 1. The first-order valence-corrected chi connectivity index (χ1v) is 29.0. The van der Waals surface area contributed by atoms with Crippen LogP contribution in [0.2, 0.25) is 0 Å². The Morgan fingerprint density at radius 3 is 2.34 bits per heavy atom. The largest absolute Gasteiger partial charge is 0.491 e. The van der Waals surface area contributed by atoms with Crippen LogP contribution in [-0.4, -0.2) is 185 Å². The van der Waals surface area contributed by atoms with E-state index < -0.39 is 14.6 Å². The summed E-state index contributed by atoms with van der Waals surface area (Å²) in [6.45, 7) is 26.3. The molecule has 3 fully saturated rings. The van der Waals surface area contributed by atoms with Crippen molar-refractivity contribution in [1.29, 1.82) is 0 Å². The first-order valence-electron chi connectivity index (χ1n) is 27.5. The molecule has 0 radical (unpaired) electrons. The van der Waals surface area contributed by atoms with Gasteiger partial charge in [0.25, 0.3) is 5.91 Å². The number of carbonyl (C=O) groups excluding carboxylic acids is 2. The van der Waals surface area contributed by atoms with Crippen LogP contribution in [0.15, 0.2) is 78.2 Å². The van der Waals surface area contributed by atoms with Crippen LogP contribution in [-0.2, 0) is 26.5 Å². The normalized spacial score (nSPS) is 20.4. The number of halogens is 1. The van der Waals surface area contributed by atoms with Crippen molar-refractivity contribution in [1.82, 2.24) is 55.0 Å². The van der Waals surface area contributed by atoms with Crippen molar-refractivity contribution in [2.75, 3.05) is 107 Å². The van der Waals surface area contributed by atoms with Crippen LogP contribution in [0.4, 0.5) is 27.5 Å². The summed E-state index contributed by atoms with van der Waals surface area (Å²) in [5.74, 6) is 1.86. The highest BCUT2D eigenvalue weighted by Crippen LogP contribution is 2.41. The van der Waals surface area contributed by atoms with E-state index >= 15 is 0 Å². The Labute approximate surface area is 463 Å². The second-order valence-electron chi connectivity index (χ2n) is 23.5. The number of nitrogens with one attached hydrogen (secondary N) is 3. The fraction of sp³-hybridized carbons (Fsp3) is 0.500. The van der Waals surface area contributed by atoms with E-state index in [1.165, 1.54) is 18.5 Å². The van der Waals surface area contributed by atoms with Gasteiger partial charge < -0.3 is 30.1 Å². The Balaban J connectivity index is 0.707. The maximum absolute atomic E-state index is 14.4. The first kappa shape index (κ1) is 55.7. The number of nitrogens with zero attached hydrogens (tertiary/aromatic N) is 11. The van der Waals surface area contributed by atoms with Crippen molar-refractivity contribution < 1.29 is 27.1 Å². The number of benzene rings is 2. The maximum atomic E-state index is 14.4. The molecule has 2 amide bonds. The number of hydrogen-bond donors (Lipinski definition) is 3. The molecule has 3 atom stereocenters. The number of anilines is 4. The van der Waals surface area contributed by atoms with E-state index in [1.807, 2.05) is 42.0 Å². The first-order chi connectivity index (χ1) is 37.6. The smallest absolute Gasteiger partial charge is 0.255 e. The Hall–Kier alpha value is -6.65. The van der Waals surface area contributed by atoms with Gasteiger partial charge in [-0.05, 0) is 102 Å². The third kappa shape index (κ3) is 12.0. The number of carbonyl (C=O) groups is 2. The molecule has 4 aliphatic rings. The summed E-state index contributed by atoms with van der Waals surface area (Å²) in [5.41, 5.74) is 6.38. The standard InChI is InChI=1S/C58H75FN14O5S/c1-37-31-72(34-52(74)73-35-58(8,9)53-48(73)25-42(28-62-53)24-41-10-13-44(59)14-11-41)45(30-60-37)33-70-20-21-71(32-38(70)2)56(75)43-12-15-51(61-29-43)69-18-16-68(17-19-69)22-23-78-49-27-47-46(26-50(49)79(76,77)57(5,6)7)55(64-36-63-47)65-54-39(3)40(4)66-67-54/h10-15,25-29,36-38,45,60H,16-24,30-35H2,1-9H3,(H2,63,64,65,66,67)/t37-,38?,45-/m1/s1. The van der Waals surface area contributed by atoms with E-state index in [0.717, 1.165) is 91.9 Å². The monoisotopic (exact) mass is 1100 g/mol. The highest BCUT2D eigenvalue weighted by atomic mass is 32.2. The van der Waals surface area contributed by atoms with E-state index in [0.29, 0.717) is 67.2 Å². The molecule has 6 aromatic rings. The average Bonchev–Trinajstić information content (AvgIpc) is 4.16. The highest BCUT2D eigenvalue weighted by Gasteiger charge is 2.42. The van der Waals surface area contributed by atoms with Crippen molar-refractivity contribution in [3.05, 3.63) is 113 Å².